The molecule has 0 amide bonds. The van der Waals surface area contributed by atoms with E-state index in [-0.39, 0.29) is 0 Å². The molecule has 2 fully saturated rings. The molecule has 0 unspecified atom stereocenters. The molecule has 3 atom stereocenters. The van der Waals surface area contributed by atoms with E-state index in [1.54, 1.807) is 0 Å². The summed E-state index contributed by atoms with van der Waals surface area (Å²) in [7, 11) is 2.03. The Morgan fingerprint density at radius 1 is 1.31 bits per heavy atom. The Kier molecular flexibility index (Phi) is 1.81. The van der Waals surface area contributed by atoms with Gasteiger partial charge in [0.15, 0.2) is 0 Å². The van der Waals surface area contributed by atoms with Crippen molar-refractivity contribution in [3.05, 3.63) is 0 Å². The Morgan fingerprint density at radius 2 is 1.92 bits per heavy atom. The molecule has 0 aromatic heterocycles. The second-order valence-corrected chi connectivity index (χ2v) is 5.98. The minimum Gasteiger partial charge on any atom is -0.269 e. The van der Waals surface area contributed by atoms with Gasteiger partial charge in [0.25, 0.3) is 0 Å². The second kappa shape index (κ2) is 2.48. The maximum Gasteiger partial charge on any atom is 0.0345 e. The van der Waals surface area contributed by atoms with Gasteiger partial charge >= 0.3 is 0 Å². The number of hydrogen-bond acceptors (Lipinski definition) is 2. The van der Waals surface area contributed by atoms with Gasteiger partial charge in [-0.1, -0.05) is 20.8 Å². The first-order valence-corrected chi connectivity index (χ1v) is 5.35. The third-order valence-corrected chi connectivity index (χ3v) is 4.60. The zero-order chi connectivity index (χ0) is 9.85. The third-order valence-electron chi connectivity index (χ3n) is 4.60. The van der Waals surface area contributed by atoms with E-state index in [1.165, 1.54) is 19.3 Å². The fraction of sp³-hybridized carbons (Fsp3) is 1.00. The summed E-state index contributed by atoms with van der Waals surface area (Å²) < 4.78 is 0. The first-order valence-electron chi connectivity index (χ1n) is 5.35. The molecule has 2 nitrogen and oxygen atoms in total. The second-order valence-electron chi connectivity index (χ2n) is 5.98. The lowest BCUT2D eigenvalue weighted by molar-refractivity contribution is 0.0193. The van der Waals surface area contributed by atoms with E-state index in [9.17, 15) is 0 Å². The summed E-state index contributed by atoms with van der Waals surface area (Å²) in [5.74, 6) is 6.88. The molecule has 2 bridgehead atoms. The minimum atomic E-state index is 0.413. The van der Waals surface area contributed by atoms with Crippen molar-refractivity contribution < 1.29 is 0 Å². The standard InChI is InChI=1S/C11H22N2/c1-10(2)8-5-6-11(3,7-8)9(10)13(4)12/h8-9H,5-7,12H2,1-4H3/t8-,9-,11-/m0/s1. The van der Waals surface area contributed by atoms with Crippen LogP contribution in [0.5, 0.6) is 0 Å². The van der Waals surface area contributed by atoms with Crippen molar-refractivity contribution in [2.24, 2.45) is 22.6 Å². The van der Waals surface area contributed by atoms with Gasteiger partial charge in [-0.05, 0) is 36.0 Å². The molecule has 0 spiro atoms. The number of nitrogens with two attached hydrogens (primary N) is 1. The highest BCUT2D eigenvalue weighted by Gasteiger charge is 2.60. The van der Waals surface area contributed by atoms with Crippen LogP contribution < -0.4 is 5.84 Å². The predicted molar refractivity (Wildman–Crippen MR) is 55.0 cm³/mol. The molecule has 0 aromatic rings. The Morgan fingerprint density at radius 3 is 2.23 bits per heavy atom. The van der Waals surface area contributed by atoms with Gasteiger partial charge in [0.1, 0.15) is 0 Å². The Labute approximate surface area is 81.4 Å². The van der Waals surface area contributed by atoms with Gasteiger partial charge in [-0.2, -0.15) is 0 Å². The van der Waals surface area contributed by atoms with E-state index in [4.69, 9.17) is 5.84 Å². The van der Waals surface area contributed by atoms with Gasteiger partial charge in [-0.25, -0.2) is 5.01 Å². The van der Waals surface area contributed by atoms with Crippen molar-refractivity contribution in [2.75, 3.05) is 7.05 Å². The number of rotatable bonds is 1. The molecular weight excluding hydrogens is 160 g/mol. The molecule has 0 saturated heterocycles. The number of hydrogen-bond donors (Lipinski definition) is 1. The minimum absolute atomic E-state index is 0.413. The molecule has 2 aliphatic carbocycles. The average molecular weight is 182 g/mol. The fourth-order valence-corrected chi connectivity index (χ4v) is 4.29. The van der Waals surface area contributed by atoms with Crippen molar-refractivity contribution in [3.63, 3.8) is 0 Å². The normalized spacial score (nSPS) is 47.5. The largest absolute Gasteiger partial charge is 0.269 e. The fourth-order valence-electron chi connectivity index (χ4n) is 4.29. The van der Waals surface area contributed by atoms with Crippen LogP contribution >= 0.6 is 0 Å². The molecule has 13 heavy (non-hydrogen) atoms. The van der Waals surface area contributed by atoms with Crippen LogP contribution in [0.2, 0.25) is 0 Å². The van der Waals surface area contributed by atoms with Crippen molar-refractivity contribution >= 4 is 0 Å². The maximum absolute atomic E-state index is 5.98. The lowest BCUT2D eigenvalue weighted by Gasteiger charge is -2.45. The number of hydrazine groups is 1. The van der Waals surface area contributed by atoms with Crippen LogP contribution in [0.4, 0.5) is 0 Å². The van der Waals surface area contributed by atoms with Crippen LogP contribution in [0.3, 0.4) is 0 Å². The Bertz CT molecular complexity index is 217. The first kappa shape index (κ1) is 9.47. The highest BCUT2D eigenvalue weighted by Crippen LogP contribution is 2.63. The van der Waals surface area contributed by atoms with Crippen molar-refractivity contribution in [3.8, 4) is 0 Å². The van der Waals surface area contributed by atoms with Crippen LogP contribution in [0.15, 0.2) is 0 Å². The van der Waals surface area contributed by atoms with Crippen LogP contribution in [-0.2, 0) is 0 Å². The van der Waals surface area contributed by atoms with E-state index in [0.717, 1.165) is 5.92 Å². The molecule has 0 aliphatic heterocycles. The topological polar surface area (TPSA) is 29.3 Å². The summed E-state index contributed by atoms with van der Waals surface area (Å²) in [6, 6.07) is 0.568. The summed E-state index contributed by atoms with van der Waals surface area (Å²) in [6.07, 6.45) is 4.16. The molecule has 2 rings (SSSR count). The van der Waals surface area contributed by atoms with E-state index < -0.39 is 0 Å². The highest BCUT2D eigenvalue weighted by molar-refractivity contribution is 5.11. The molecule has 2 N–H and O–H groups in total. The summed E-state index contributed by atoms with van der Waals surface area (Å²) in [5.41, 5.74) is 0.897. The van der Waals surface area contributed by atoms with E-state index in [0.29, 0.717) is 16.9 Å². The molecule has 0 radical (unpaired) electrons. The quantitative estimate of drug-likeness (QED) is 0.496. The Hall–Kier alpha value is -0.0800. The lowest BCUT2D eigenvalue weighted by atomic mass is 9.68. The van der Waals surface area contributed by atoms with Crippen molar-refractivity contribution in [2.45, 2.75) is 46.1 Å². The van der Waals surface area contributed by atoms with Gasteiger partial charge in [-0.3, -0.25) is 5.84 Å². The SMILES string of the molecule is CN(N)[C@H]1C(C)(C)[C@H]2CC[C@@]1(C)C2. The van der Waals surface area contributed by atoms with Gasteiger partial charge in [0.2, 0.25) is 0 Å². The van der Waals surface area contributed by atoms with E-state index in [1.807, 2.05) is 12.1 Å². The van der Waals surface area contributed by atoms with Crippen molar-refractivity contribution in [1.29, 1.82) is 0 Å². The first-order chi connectivity index (χ1) is 5.88. The zero-order valence-corrected chi connectivity index (χ0v) is 9.30. The number of nitrogens with zero attached hydrogens (tertiary/aromatic N) is 1. The molecule has 76 valence electrons. The Balaban J connectivity index is 2.34. The van der Waals surface area contributed by atoms with Crippen molar-refractivity contribution in [1.82, 2.24) is 5.01 Å². The van der Waals surface area contributed by atoms with Gasteiger partial charge < -0.3 is 0 Å². The molecule has 0 heterocycles. The molecular formula is C11H22N2. The number of fused-ring (bicyclic) bond motifs is 2. The van der Waals surface area contributed by atoms with Crippen LogP contribution in [0.25, 0.3) is 0 Å². The molecule has 2 saturated carbocycles. The summed E-state index contributed by atoms with van der Waals surface area (Å²) in [4.78, 5) is 0. The average Bonchev–Trinajstić information content (AvgIpc) is 2.36. The molecule has 2 aliphatic rings. The monoisotopic (exact) mass is 182 g/mol. The summed E-state index contributed by atoms with van der Waals surface area (Å²) in [5, 5.41) is 1.96. The van der Waals surface area contributed by atoms with Crippen LogP contribution in [0.1, 0.15) is 40.0 Å². The van der Waals surface area contributed by atoms with Crippen LogP contribution in [-0.4, -0.2) is 18.1 Å². The van der Waals surface area contributed by atoms with Gasteiger partial charge in [-0.15, -0.1) is 0 Å². The third kappa shape index (κ3) is 1.08. The lowest BCUT2D eigenvalue weighted by Crippen LogP contribution is -2.53. The predicted octanol–water partition coefficient (Wildman–Crippen LogP) is 2.01. The molecule has 2 heteroatoms. The van der Waals surface area contributed by atoms with Gasteiger partial charge in [0, 0.05) is 13.1 Å². The van der Waals surface area contributed by atoms with E-state index in [2.05, 4.69) is 20.8 Å². The van der Waals surface area contributed by atoms with Gasteiger partial charge in [0.05, 0.1) is 0 Å². The molecule has 0 aromatic carbocycles. The van der Waals surface area contributed by atoms with Crippen LogP contribution in [0, 0.1) is 16.7 Å². The maximum atomic E-state index is 5.98. The van der Waals surface area contributed by atoms with E-state index >= 15 is 0 Å². The summed E-state index contributed by atoms with van der Waals surface area (Å²) in [6.45, 7) is 7.18. The highest BCUT2D eigenvalue weighted by atomic mass is 15.4. The summed E-state index contributed by atoms with van der Waals surface area (Å²) >= 11 is 0. The smallest absolute Gasteiger partial charge is 0.0345 e. The zero-order valence-electron chi connectivity index (χ0n) is 9.30.